The molecule has 0 amide bonds. The van der Waals surface area contributed by atoms with Crippen molar-refractivity contribution in [3.05, 3.63) is 22.4 Å². The summed E-state index contributed by atoms with van der Waals surface area (Å²) >= 11 is 1.84. The molecule has 0 saturated heterocycles. The number of hydrogen-bond donors (Lipinski definition) is 1. The van der Waals surface area contributed by atoms with Crippen molar-refractivity contribution in [2.45, 2.75) is 71.3 Å². The fourth-order valence-electron chi connectivity index (χ4n) is 3.61. The predicted molar refractivity (Wildman–Crippen MR) is 90.3 cm³/mol. The number of nitrogens with one attached hydrogen (secondary N) is 1. The lowest BCUT2D eigenvalue weighted by atomic mass is 9.75. The Morgan fingerprint density at radius 2 is 2.00 bits per heavy atom. The summed E-state index contributed by atoms with van der Waals surface area (Å²) in [7, 11) is 0. The lowest BCUT2D eigenvalue weighted by Crippen LogP contribution is -2.31. The molecule has 0 aliphatic heterocycles. The molecule has 1 aromatic heterocycles. The Kier molecular flexibility index (Phi) is 7.09. The number of unbranched alkanes of at least 4 members (excludes halogenated alkanes) is 1. The molecule has 2 rings (SSSR count). The van der Waals surface area contributed by atoms with Gasteiger partial charge >= 0.3 is 0 Å². The van der Waals surface area contributed by atoms with Crippen molar-refractivity contribution in [1.82, 2.24) is 5.32 Å². The lowest BCUT2D eigenvalue weighted by Gasteiger charge is -2.34. The van der Waals surface area contributed by atoms with Gasteiger partial charge in [-0.2, -0.15) is 11.3 Å². The van der Waals surface area contributed by atoms with Crippen LogP contribution in [0, 0.1) is 11.8 Å². The van der Waals surface area contributed by atoms with Crippen LogP contribution in [0.4, 0.5) is 0 Å². The fourth-order valence-corrected chi connectivity index (χ4v) is 4.31. The lowest BCUT2D eigenvalue weighted by molar-refractivity contribution is 0.213. The summed E-state index contributed by atoms with van der Waals surface area (Å²) in [6.07, 6.45) is 11.2. The normalized spacial score (nSPS) is 24.7. The van der Waals surface area contributed by atoms with Gasteiger partial charge in [0.2, 0.25) is 0 Å². The van der Waals surface area contributed by atoms with Crippen molar-refractivity contribution in [3.8, 4) is 0 Å². The Morgan fingerprint density at radius 1 is 1.20 bits per heavy atom. The molecule has 1 N–H and O–H groups in total. The van der Waals surface area contributed by atoms with Crippen LogP contribution < -0.4 is 5.32 Å². The molecule has 2 heteroatoms. The molecule has 1 aliphatic carbocycles. The maximum atomic E-state index is 3.81. The molecule has 1 heterocycles. The molecule has 1 saturated carbocycles. The van der Waals surface area contributed by atoms with E-state index in [4.69, 9.17) is 0 Å². The monoisotopic (exact) mass is 293 g/mol. The van der Waals surface area contributed by atoms with E-state index >= 15 is 0 Å². The summed E-state index contributed by atoms with van der Waals surface area (Å²) in [6.45, 7) is 5.72. The molecule has 1 unspecified atom stereocenters. The second-order valence-electron chi connectivity index (χ2n) is 6.41. The fraction of sp³-hybridized carbons (Fsp3) is 0.778. The van der Waals surface area contributed by atoms with Gasteiger partial charge in [0.15, 0.2) is 0 Å². The summed E-state index contributed by atoms with van der Waals surface area (Å²) in [5.41, 5.74) is 1.53. The van der Waals surface area contributed by atoms with Gasteiger partial charge in [-0.25, -0.2) is 0 Å². The minimum atomic E-state index is 0.605. The molecule has 20 heavy (non-hydrogen) atoms. The van der Waals surface area contributed by atoms with Crippen LogP contribution in [0.15, 0.2) is 16.8 Å². The molecular weight excluding hydrogens is 262 g/mol. The van der Waals surface area contributed by atoms with Crippen molar-refractivity contribution < 1.29 is 0 Å². The van der Waals surface area contributed by atoms with Crippen molar-refractivity contribution in [2.75, 3.05) is 6.54 Å². The number of hydrogen-bond acceptors (Lipinski definition) is 2. The minimum Gasteiger partial charge on any atom is -0.310 e. The highest BCUT2D eigenvalue weighted by Gasteiger charge is 2.28. The van der Waals surface area contributed by atoms with Crippen molar-refractivity contribution in [1.29, 1.82) is 0 Å². The van der Waals surface area contributed by atoms with E-state index in [0.717, 1.165) is 18.4 Å². The van der Waals surface area contributed by atoms with Gasteiger partial charge in [-0.1, -0.05) is 46.0 Å². The van der Waals surface area contributed by atoms with Gasteiger partial charge in [0.05, 0.1) is 0 Å². The Hall–Kier alpha value is -0.340. The van der Waals surface area contributed by atoms with Gasteiger partial charge in [0.1, 0.15) is 0 Å². The molecule has 1 fully saturated rings. The quantitative estimate of drug-likeness (QED) is 0.640. The Morgan fingerprint density at radius 3 is 2.60 bits per heavy atom. The van der Waals surface area contributed by atoms with Crippen LogP contribution in [0.2, 0.25) is 0 Å². The SMILES string of the molecule is CCCCC1CCC(C(NCCC)c2ccsc2)CC1. The van der Waals surface area contributed by atoms with Crippen LogP contribution in [0.1, 0.15) is 76.8 Å². The van der Waals surface area contributed by atoms with E-state index in [-0.39, 0.29) is 0 Å². The first-order valence-electron chi connectivity index (χ1n) is 8.60. The van der Waals surface area contributed by atoms with Crippen LogP contribution in [-0.4, -0.2) is 6.54 Å². The van der Waals surface area contributed by atoms with Crippen molar-refractivity contribution in [2.24, 2.45) is 11.8 Å². The van der Waals surface area contributed by atoms with Crippen molar-refractivity contribution in [3.63, 3.8) is 0 Å². The molecule has 114 valence electrons. The van der Waals surface area contributed by atoms with E-state index in [2.05, 4.69) is 36.0 Å². The molecule has 1 nitrogen and oxygen atoms in total. The molecular formula is C18H31NS. The van der Waals surface area contributed by atoms with Crippen LogP contribution in [-0.2, 0) is 0 Å². The average Bonchev–Trinajstić information content (AvgIpc) is 3.01. The topological polar surface area (TPSA) is 12.0 Å². The maximum Gasteiger partial charge on any atom is 0.0356 e. The summed E-state index contributed by atoms with van der Waals surface area (Å²) < 4.78 is 0. The molecule has 0 radical (unpaired) electrons. The second-order valence-corrected chi connectivity index (χ2v) is 7.19. The van der Waals surface area contributed by atoms with Gasteiger partial charge in [-0.15, -0.1) is 0 Å². The Labute approximate surface area is 129 Å². The van der Waals surface area contributed by atoms with Gasteiger partial charge in [0.25, 0.3) is 0 Å². The molecule has 1 aromatic rings. The van der Waals surface area contributed by atoms with E-state index in [1.807, 2.05) is 11.3 Å². The molecule has 0 spiro atoms. The predicted octanol–water partition coefficient (Wildman–Crippen LogP) is 5.79. The summed E-state index contributed by atoms with van der Waals surface area (Å²) in [6, 6.07) is 2.93. The van der Waals surface area contributed by atoms with E-state index in [9.17, 15) is 0 Å². The third-order valence-electron chi connectivity index (χ3n) is 4.85. The smallest absolute Gasteiger partial charge is 0.0356 e. The van der Waals surface area contributed by atoms with Gasteiger partial charge in [0, 0.05) is 6.04 Å². The zero-order chi connectivity index (χ0) is 14.2. The van der Waals surface area contributed by atoms with E-state index in [0.29, 0.717) is 6.04 Å². The maximum absolute atomic E-state index is 3.81. The molecule has 0 aromatic carbocycles. The van der Waals surface area contributed by atoms with Crippen LogP contribution in [0.3, 0.4) is 0 Å². The Bertz CT molecular complexity index is 338. The highest BCUT2D eigenvalue weighted by molar-refractivity contribution is 7.07. The minimum absolute atomic E-state index is 0.605. The first-order chi connectivity index (χ1) is 9.85. The third-order valence-corrected chi connectivity index (χ3v) is 5.55. The number of rotatable bonds is 8. The highest BCUT2D eigenvalue weighted by Crippen LogP contribution is 2.39. The molecule has 1 aliphatic rings. The molecule has 0 bridgehead atoms. The van der Waals surface area contributed by atoms with Crippen LogP contribution in [0.25, 0.3) is 0 Å². The first-order valence-corrected chi connectivity index (χ1v) is 9.54. The van der Waals surface area contributed by atoms with Gasteiger partial charge < -0.3 is 5.32 Å². The largest absolute Gasteiger partial charge is 0.310 e. The number of thiophene rings is 1. The van der Waals surface area contributed by atoms with E-state index in [1.165, 1.54) is 56.9 Å². The zero-order valence-corrected chi connectivity index (χ0v) is 14.1. The standard InChI is InChI=1S/C18H31NS/c1-3-5-6-15-7-9-16(10-8-15)18(19-12-4-2)17-11-13-20-14-17/h11,13-16,18-19H,3-10,12H2,1-2H3. The van der Waals surface area contributed by atoms with Gasteiger partial charge in [-0.3, -0.25) is 0 Å². The van der Waals surface area contributed by atoms with Crippen LogP contribution >= 0.6 is 11.3 Å². The van der Waals surface area contributed by atoms with Gasteiger partial charge in [-0.05, 0) is 60.0 Å². The molecule has 1 atom stereocenters. The van der Waals surface area contributed by atoms with E-state index < -0.39 is 0 Å². The second kappa shape index (κ2) is 8.84. The zero-order valence-electron chi connectivity index (χ0n) is 13.2. The average molecular weight is 294 g/mol. The third kappa shape index (κ3) is 4.60. The Balaban J connectivity index is 1.87. The first kappa shape index (κ1) is 16.0. The summed E-state index contributed by atoms with van der Waals surface area (Å²) in [4.78, 5) is 0. The van der Waals surface area contributed by atoms with Crippen LogP contribution in [0.5, 0.6) is 0 Å². The summed E-state index contributed by atoms with van der Waals surface area (Å²) in [5.74, 6) is 1.87. The highest BCUT2D eigenvalue weighted by atomic mass is 32.1. The van der Waals surface area contributed by atoms with Crippen molar-refractivity contribution >= 4 is 11.3 Å². The summed E-state index contributed by atoms with van der Waals surface area (Å²) in [5, 5.41) is 8.37. The van der Waals surface area contributed by atoms with E-state index in [1.54, 1.807) is 0 Å².